The van der Waals surface area contributed by atoms with Crippen molar-refractivity contribution in [2.24, 2.45) is 0 Å². The Kier molecular flexibility index (Phi) is 5.51. The highest BCUT2D eigenvalue weighted by Gasteiger charge is 2.33. The lowest BCUT2D eigenvalue weighted by molar-refractivity contribution is -0.139. The molecule has 1 aromatic carbocycles. The van der Waals surface area contributed by atoms with Gasteiger partial charge in [-0.25, -0.2) is 0 Å². The van der Waals surface area contributed by atoms with Gasteiger partial charge in [0.15, 0.2) is 0 Å². The third-order valence-corrected chi connectivity index (χ3v) is 5.02. The van der Waals surface area contributed by atoms with Crippen molar-refractivity contribution in [3.63, 3.8) is 0 Å². The van der Waals surface area contributed by atoms with Crippen LogP contribution in [0.15, 0.2) is 24.3 Å². The van der Waals surface area contributed by atoms with Gasteiger partial charge in [0.1, 0.15) is 0 Å². The molecule has 0 saturated carbocycles. The summed E-state index contributed by atoms with van der Waals surface area (Å²) >= 11 is 0. The van der Waals surface area contributed by atoms with Gasteiger partial charge in [-0.05, 0) is 31.7 Å². The second kappa shape index (κ2) is 7.79. The molecule has 2 amide bonds. The Morgan fingerprint density at radius 3 is 2.54 bits per heavy atom. The van der Waals surface area contributed by atoms with Crippen molar-refractivity contribution < 1.29 is 9.59 Å². The van der Waals surface area contributed by atoms with Crippen LogP contribution in [0.4, 0.5) is 0 Å². The SMILES string of the molecule is Cc1ccc(CN2CCNC(=O)C2CC(=O)N2CCCCC2)cc1. The van der Waals surface area contributed by atoms with E-state index in [0.717, 1.165) is 32.5 Å². The van der Waals surface area contributed by atoms with Gasteiger partial charge in [-0.1, -0.05) is 29.8 Å². The van der Waals surface area contributed by atoms with Gasteiger partial charge in [0.25, 0.3) is 0 Å². The Hall–Kier alpha value is -1.88. The number of piperidine rings is 1. The van der Waals surface area contributed by atoms with E-state index in [1.165, 1.54) is 17.5 Å². The summed E-state index contributed by atoms with van der Waals surface area (Å²) in [6, 6.07) is 8.03. The van der Waals surface area contributed by atoms with Gasteiger partial charge in [0.2, 0.25) is 11.8 Å². The summed E-state index contributed by atoms with van der Waals surface area (Å²) in [5.41, 5.74) is 2.41. The zero-order chi connectivity index (χ0) is 16.9. The first-order valence-corrected chi connectivity index (χ1v) is 8.98. The minimum absolute atomic E-state index is 0.0151. The van der Waals surface area contributed by atoms with Crippen LogP contribution in [0.25, 0.3) is 0 Å². The fourth-order valence-corrected chi connectivity index (χ4v) is 3.54. The second-order valence-corrected chi connectivity index (χ2v) is 6.91. The summed E-state index contributed by atoms with van der Waals surface area (Å²) in [6.07, 6.45) is 3.65. The van der Waals surface area contributed by atoms with Gasteiger partial charge < -0.3 is 10.2 Å². The van der Waals surface area contributed by atoms with Gasteiger partial charge in [0.05, 0.1) is 12.5 Å². The van der Waals surface area contributed by atoms with Crippen molar-refractivity contribution in [1.29, 1.82) is 0 Å². The smallest absolute Gasteiger partial charge is 0.237 e. The van der Waals surface area contributed by atoms with Crippen LogP contribution < -0.4 is 5.32 Å². The second-order valence-electron chi connectivity index (χ2n) is 6.91. The van der Waals surface area contributed by atoms with Crippen LogP contribution in [-0.2, 0) is 16.1 Å². The molecule has 0 aromatic heterocycles. The lowest BCUT2D eigenvalue weighted by Crippen LogP contribution is -2.56. The molecule has 1 aromatic rings. The van der Waals surface area contributed by atoms with Crippen LogP contribution in [0, 0.1) is 6.92 Å². The third-order valence-electron chi connectivity index (χ3n) is 5.02. The number of hydrogen-bond acceptors (Lipinski definition) is 3. The van der Waals surface area contributed by atoms with Crippen molar-refractivity contribution in [2.45, 2.75) is 45.2 Å². The van der Waals surface area contributed by atoms with Gasteiger partial charge in [-0.3, -0.25) is 14.5 Å². The van der Waals surface area contributed by atoms with Crippen LogP contribution in [0.2, 0.25) is 0 Å². The van der Waals surface area contributed by atoms with Crippen LogP contribution in [-0.4, -0.2) is 53.8 Å². The van der Waals surface area contributed by atoms with E-state index >= 15 is 0 Å². The lowest BCUT2D eigenvalue weighted by Gasteiger charge is -2.36. The van der Waals surface area contributed by atoms with E-state index in [2.05, 4.69) is 41.4 Å². The number of nitrogens with zero attached hydrogens (tertiary/aromatic N) is 2. The molecular formula is C19H27N3O2. The first-order valence-electron chi connectivity index (χ1n) is 8.98. The van der Waals surface area contributed by atoms with E-state index < -0.39 is 0 Å². The minimum Gasteiger partial charge on any atom is -0.353 e. The maximum absolute atomic E-state index is 12.6. The molecule has 1 N–H and O–H groups in total. The molecule has 2 heterocycles. The number of piperazine rings is 1. The van der Waals surface area contributed by atoms with Crippen LogP contribution >= 0.6 is 0 Å². The van der Waals surface area contributed by atoms with Crippen molar-refractivity contribution >= 4 is 11.8 Å². The molecule has 5 nitrogen and oxygen atoms in total. The molecule has 2 aliphatic heterocycles. The summed E-state index contributed by atoms with van der Waals surface area (Å²) in [7, 11) is 0. The fraction of sp³-hybridized carbons (Fsp3) is 0.579. The molecule has 0 radical (unpaired) electrons. The standard InChI is InChI=1S/C19H27N3O2/c1-15-5-7-16(8-6-15)14-22-12-9-20-19(24)17(22)13-18(23)21-10-3-2-4-11-21/h5-8,17H,2-4,9-14H2,1H3,(H,20,24). The van der Waals surface area contributed by atoms with Gasteiger partial charge >= 0.3 is 0 Å². The first-order chi connectivity index (χ1) is 11.6. The number of aryl methyl sites for hydroxylation is 1. The molecule has 0 bridgehead atoms. The maximum Gasteiger partial charge on any atom is 0.237 e. The summed E-state index contributed by atoms with van der Waals surface area (Å²) in [4.78, 5) is 29.0. The number of carbonyl (C=O) groups is 2. The lowest BCUT2D eigenvalue weighted by atomic mass is 10.0. The predicted octanol–water partition coefficient (Wildman–Crippen LogP) is 1.70. The molecule has 2 fully saturated rings. The van der Waals surface area contributed by atoms with E-state index in [1.54, 1.807) is 0 Å². The van der Waals surface area contributed by atoms with Crippen molar-refractivity contribution in [2.75, 3.05) is 26.2 Å². The molecule has 2 aliphatic rings. The molecular weight excluding hydrogens is 302 g/mol. The maximum atomic E-state index is 12.6. The Balaban J connectivity index is 1.66. The quantitative estimate of drug-likeness (QED) is 0.915. The summed E-state index contributed by atoms with van der Waals surface area (Å²) in [5.74, 6) is 0.101. The Labute approximate surface area is 144 Å². The molecule has 0 aliphatic carbocycles. The number of amides is 2. The highest BCUT2D eigenvalue weighted by molar-refractivity contribution is 5.88. The van der Waals surface area contributed by atoms with Crippen LogP contribution in [0.5, 0.6) is 0 Å². The Morgan fingerprint density at radius 1 is 1.12 bits per heavy atom. The van der Waals surface area contributed by atoms with E-state index in [0.29, 0.717) is 13.1 Å². The molecule has 0 spiro atoms. The van der Waals surface area contributed by atoms with Gasteiger partial charge in [-0.2, -0.15) is 0 Å². The predicted molar refractivity (Wildman–Crippen MR) is 93.4 cm³/mol. The van der Waals surface area contributed by atoms with Gasteiger partial charge in [0, 0.05) is 32.7 Å². The van der Waals surface area contributed by atoms with Crippen molar-refractivity contribution in [1.82, 2.24) is 15.1 Å². The average Bonchev–Trinajstić information content (AvgIpc) is 2.60. The number of carbonyl (C=O) groups excluding carboxylic acids is 2. The van der Waals surface area contributed by atoms with Crippen molar-refractivity contribution in [3.8, 4) is 0 Å². The van der Waals surface area contributed by atoms with E-state index in [4.69, 9.17) is 0 Å². The number of benzene rings is 1. The third kappa shape index (κ3) is 4.15. The highest BCUT2D eigenvalue weighted by Crippen LogP contribution is 2.17. The van der Waals surface area contributed by atoms with Crippen LogP contribution in [0.3, 0.4) is 0 Å². The van der Waals surface area contributed by atoms with Gasteiger partial charge in [-0.15, -0.1) is 0 Å². The monoisotopic (exact) mass is 329 g/mol. The molecule has 24 heavy (non-hydrogen) atoms. The average molecular weight is 329 g/mol. The number of likely N-dealkylation sites (tertiary alicyclic amines) is 1. The molecule has 130 valence electrons. The molecule has 2 saturated heterocycles. The molecule has 1 unspecified atom stereocenters. The normalized spacial score (nSPS) is 22.3. The summed E-state index contributed by atoms with van der Waals surface area (Å²) in [5, 5.41) is 2.91. The topological polar surface area (TPSA) is 52.7 Å². The largest absolute Gasteiger partial charge is 0.353 e. The van der Waals surface area contributed by atoms with E-state index in [1.807, 2.05) is 4.90 Å². The summed E-state index contributed by atoms with van der Waals surface area (Å²) in [6.45, 7) is 5.90. The van der Waals surface area contributed by atoms with E-state index in [9.17, 15) is 9.59 Å². The summed E-state index contributed by atoms with van der Waals surface area (Å²) < 4.78 is 0. The highest BCUT2D eigenvalue weighted by atomic mass is 16.2. The zero-order valence-corrected chi connectivity index (χ0v) is 14.5. The number of hydrogen-bond donors (Lipinski definition) is 1. The van der Waals surface area contributed by atoms with Crippen LogP contribution in [0.1, 0.15) is 36.8 Å². The number of rotatable bonds is 4. The number of nitrogens with one attached hydrogen (secondary N) is 1. The molecule has 5 heteroatoms. The molecule has 1 atom stereocenters. The minimum atomic E-state index is -0.352. The van der Waals surface area contributed by atoms with E-state index in [-0.39, 0.29) is 24.3 Å². The fourth-order valence-electron chi connectivity index (χ4n) is 3.54. The van der Waals surface area contributed by atoms with Crippen molar-refractivity contribution in [3.05, 3.63) is 35.4 Å². The molecule has 3 rings (SSSR count). The Bertz CT molecular complexity index is 579. The first kappa shape index (κ1) is 17.0. The zero-order valence-electron chi connectivity index (χ0n) is 14.5. The Morgan fingerprint density at radius 2 is 1.83 bits per heavy atom.